The summed E-state index contributed by atoms with van der Waals surface area (Å²) in [5.74, 6) is 0.947. The van der Waals surface area contributed by atoms with Crippen LogP contribution in [0.25, 0.3) is 0 Å². The van der Waals surface area contributed by atoms with Crippen LogP contribution in [0.4, 0.5) is 0 Å². The molecule has 0 fully saturated rings. The molecule has 0 bridgehead atoms. The molecule has 0 aliphatic rings. The lowest BCUT2D eigenvalue weighted by atomic mass is 10.4. The van der Waals surface area contributed by atoms with Crippen LogP contribution in [0.2, 0.25) is 0 Å². The molecule has 80 valence electrons. The summed E-state index contributed by atoms with van der Waals surface area (Å²) in [7, 11) is 6.43. The van der Waals surface area contributed by atoms with Crippen LogP contribution in [0.5, 0.6) is 0 Å². The van der Waals surface area contributed by atoms with E-state index in [4.69, 9.17) is 0 Å². The van der Waals surface area contributed by atoms with Crippen molar-refractivity contribution >= 4 is 29.3 Å². The number of thioether (sulfide) groups is 1. The van der Waals surface area contributed by atoms with Crippen LogP contribution in [0.15, 0.2) is 0 Å². The Hall–Kier alpha value is 0.270. The van der Waals surface area contributed by atoms with E-state index in [1.807, 2.05) is 6.92 Å². The van der Waals surface area contributed by atoms with Gasteiger partial charge in [0.15, 0.2) is 5.12 Å². The highest BCUT2D eigenvalue weighted by atomic mass is 35.5. The largest absolute Gasteiger partial charge is 0.330 e. The molecule has 13 heavy (non-hydrogen) atoms. The fourth-order valence-corrected chi connectivity index (χ4v) is 1.92. The summed E-state index contributed by atoms with van der Waals surface area (Å²) in [4.78, 5) is 11.1. The molecule has 0 atom stereocenters. The summed E-state index contributed by atoms with van der Waals surface area (Å²) in [6.45, 7) is 3.10. The summed E-state index contributed by atoms with van der Waals surface area (Å²) in [6, 6.07) is 0. The van der Waals surface area contributed by atoms with Crippen molar-refractivity contribution in [1.29, 1.82) is 0 Å². The van der Waals surface area contributed by atoms with Gasteiger partial charge >= 0.3 is 0 Å². The maximum atomic E-state index is 11.1. The molecule has 0 aromatic rings. The molecule has 0 saturated carbocycles. The smallest absolute Gasteiger partial charge is 0.189 e. The van der Waals surface area contributed by atoms with Crippen molar-refractivity contribution in [3.63, 3.8) is 0 Å². The van der Waals surface area contributed by atoms with E-state index in [2.05, 4.69) is 21.1 Å². The van der Waals surface area contributed by atoms with Gasteiger partial charge in [0.2, 0.25) is 0 Å². The highest BCUT2D eigenvalue weighted by molar-refractivity contribution is 8.13. The SMILES string of the molecule is CCCC(=O)SCC[N+](C)(C)C.Cl. The highest BCUT2D eigenvalue weighted by Crippen LogP contribution is 2.08. The number of hydrogen-bond donors (Lipinski definition) is 0. The molecule has 0 rings (SSSR count). The quantitative estimate of drug-likeness (QED) is 0.669. The molecule has 0 aliphatic carbocycles. The van der Waals surface area contributed by atoms with Gasteiger partial charge in [-0.3, -0.25) is 4.79 Å². The molecule has 0 radical (unpaired) electrons. The van der Waals surface area contributed by atoms with Crippen LogP contribution in [-0.4, -0.2) is 43.0 Å². The second kappa shape index (κ2) is 7.65. The Kier molecular flexibility index (Phi) is 9.26. The molecule has 0 spiro atoms. The number of quaternary nitrogens is 1. The zero-order valence-corrected chi connectivity index (χ0v) is 10.6. The van der Waals surface area contributed by atoms with Crippen molar-refractivity contribution < 1.29 is 9.28 Å². The number of carbonyl (C=O) groups excluding carboxylic acids is 1. The molecule has 0 heterocycles. The van der Waals surface area contributed by atoms with E-state index < -0.39 is 0 Å². The number of halogens is 1. The summed E-state index contributed by atoms with van der Waals surface area (Å²) in [5.41, 5.74) is 0. The van der Waals surface area contributed by atoms with E-state index in [0.717, 1.165) is 29.6 Å². The van der Waals surface area contributed by atoms with Gasteiger partial charge in [0, 0.05) is 6.42 Å². The van der Waals surface area contributed by atoms with Gasteiger partial charge in [0.1, 0.15) is 0 Å². The zero-order valence-electron chi connectivity index (χ0n) is 9.00. The second-order valence-corrected chi connectivity index (χ2v) is 5.14. The first-order chi connectivity index (χ1) is 5.45. The van der Waals surface area contributed by atoms with E-state index in [0.29, 0.717) is 5.12 Å². The topological polar surface area (TPSA) is 17.1 Å². The van der Waals surface area contributed by atoms with Crippen molar-refractivity contribution in [2.75, 3.05) is 33.4 Å². The lowest BCUT2D eigenvalue weighted by Crippen LogP contribution is -2.36. The number of rotatable bonds is 5. The Labute approximate surface area is 92.1 Å². The lowest BCUT2D eigenvalue weighted by Gasteiger charge is -2.23. The van der Waals surface area contributed by atoms with Gasteiger partial charge in [-0.05, 0) is 6.42 Å². The normalized spacial score (nSPS) is 10.8. The highest BCUT2D eigenvalue weighted by Gasteiger charge is 2.08. The van der Waals surface area contributed by atoms with E-state index in [1.165, 1.54) is 11.8 Å². The molecular weight excluding hydrogens is 206 g/mol. The molecule has 2 nitrogen and oxygen atoms in total. The molecule has 0 aliphatic heterocycles. The molecule has 0 aromatic carbocycles. The van der Waals surface area contributed by atoms with E-state index in [-0.39, 0.29) is 12.4 Å². The summed E-state index contributed by atoms with van der Waals surface area (Å²) in [5, 5.41) is 0.339. The predicted molar refractivity (Wildman–Crippen MR) is 62.5 cm³/mol. The van der Waals surface area contributed by atoms with Crippen molar-refractivity contribution in [2.24, 2.45) is 0 Å². The molecular formula is C9H21ClNOS+. The monoisotopic (exact) mass is 226 g/mol. The first kappa shape index (κ1) is 15.7. The van der Waals surface area contributed by atoms with Crippen molar-refractivity contribution in [3.05, 3.63) is 0 Å². The predicted octanol–water partition coefficient (Wildman–Crippen LogP) is 2.17. The zero-order chi connectivity index (χ0) is 9.61. The van der Waals surface area contributed by atoms with Gasteiger partial charge in [0.05, 0.1) is 33.4 Å². The fraction of sp³-hybridized carbons (Fsp3) is 0.889. The number of nitrogens with zero attached hydrogens (tertiary/aromatic N) is 1. The standard InChI is InChI=1S/C9H20NOS.ClH/c1-5-6-9(11)12-8-7-10(2,3)4;/h5-8H2,1-4H3;1H/q+1;. The molecule has 4 heteroatoms. The van der Waals surface area contributed by atoms with E-state index in [9.17, 15) is 4.79 Å². The van der Waals surface area contributed by atoms with Gasteiger partial charge in [0.25, 0.3) is 0 Å². The molecule has 0 N–H and O–H groups in total. The fourth-order valence-electron chi connectivity index (χ4n) is 0.710. The molecule has 0 saturated heterocycles. The minimum absolute atomic E-state index is 0. The van der Waals surface area contributed by atoms with Crippen molar-refractivity contribution in [3.8, 4) is 0 Å². The third-order valence-electron chi connectivity index (χ3n) is 1.48. The third kappa shape index (κ3) is 12.3. The van der Waals surface area contributed by atoms with Crippen molar-refractivity contribution in [2.45, 2.75) is 19.8 Å². The number of hydrogen-bond acceptors (Lipinski definition) is 2. The van der Waals surface area contributed by atoms with Crippen LogP contribution >= 0.6 is 24.2 Å². The van der Waals surface area contributed by atoms with Crippen LogP contribution in [0.1, 0.15) is 19.8 Å². The summed E-state index contributed by atoms with van der Waals surface area (Å²) >= 11 is 1.47. The summed E-state index contributed by atoms with van der Waals surface area (Å²) in [6.07, 6.45) is 1.69. The van der Waals surface area contributed by atoms with Crippen molar-refractivity contribution in [1.82, 2.24) is 0 Å². The Morgan fingerprint density at radius 3 is 2.23 bits per heavy atom. The Morgan fingerprint density at radius 2 is 1.85 bits per heavy atom. The maximum Gasteiger partial charge on any atom is 0.189 e. The summed E-state index contributed by atoms with van der Waals surface area (Å²) < 4.78 is 0.937. The van der Waals surface area contributed by atoms with Crippen LogP contribution in [0, 0.1) is 0 Å². The Balaban J connectivity index is 0. The van der Waals surface area contributed by atoms with Gasteiger partial charge in [-0.15, -0.1) is 12.4 Å². The van der Waals surface area contributed by atoms with Crippen LogP contribution in [-0.2, 0) is 4.79 Å². The third-order valence-corrected chi connectivity index (χ3v) is 2.39. The van der Waals surface area contributed by atoms with Gasteiger partial charge < -0.3 is 4.48 Å². The molecule has 0 unspecified atom stereocenters. The average molecular weight is 227 g/mol. The van der Waals surface area contributed by atoms with Crippen LogP contribution < -0.4 is 0 Å². The maximum absolute atomic E-state index is 11.1. The second-order valence-electron chi connectivity index (χ2n) is 3.98. The van der Waals surface area contributed by atoms with Gasteiger partial charge in [-0.1, -0.05) is 18.7 Å². The Morgan fingerprint density at radius 1 is 1.31 bits per heavy atom. The molecule has 0 amide bonds. The molecule has 0 aromatic heterocycles. The minimum Gasteiger partial charge on any atom is -0.330 e. The van der Waals surface area contributed by atoms with E-state index >= 15 is 0 Å². The lowest BCUT2D eigenvalue weighted by molar-refractivity contribution is -0.867. The first-order valence-corrected chi connectivity index (χ1v) is 5.40. The van der Waals surface area contributed by atoms with E-state index in [1.54, 1.807) is 0 Å². The van der Waals surface area contributed by atoms with Gasteiger partial charge in [-0.25, -0.2) is 0 Å². The van der Waals surface area contributed by atoms with Crippen LogP contribution in [0.3, 0.4) is 0 Å². The Bertz CT molecular complexity index is 145. The number of carbonyl (C=O) groups is 1. The van der Waals surface area contributed by atoms with Gasteiger partial charge in [-0.2, -0.15) is 0 Å². The first-order valence-electron chi connectivity index (χ1n) is 4.42. The average Bonchev–Trinajstić information content (AvgIpc) is 1.84. The minimum atomic E-state index is 0.